The molecule has 1 aliphatic rings. The van der Waals surface area contributed by atoms with E-state index < -0.39 is 0 Å². The molecule has 9 heteroatoms. The molecule has 2 N–H and O–H groups in total. The number of ether oxygens (including phenoxy) is 1. The van der Waals surface area contributed by atoms with Gasteiger partial charge >= 0.3 is 0 Å². The maximum absolute atomic E-state index is 12.2. The van der Waals surface area contributed by atoms with Crippen LogP contribution in [-0.4, -0.2) is 47.0 Å². The molecule has 0 spiro atoms. The van der Waals surface area contributed by atoms with E-state index in [4.69, 9.17) is 4.74 Å². The maximum atomic E-state index is 12.2. The molecule has 0 saturated carbocycles. The highest BCUT2D eigenvalue weighted by molar-refractivity contribution is 8.01. The average molecular weight is 393 g/mol. The Bertz CT molecular complexity index is 775. The standard InChI is InChI=1S/C17H20N4O3S2/c1-11-4-2-5-12(8-11)15(23)19-16-20-21-17(26-16)25-10-14(22)18-9-13-6-3-7-24-13/h2,4-5,8,13H,3,6-7,9-10H2,1H3,(H,18,22)(H,19,20,23)/t13-/m1/s1. The van der Waals surface area contributed by atoms with E-state index in [2.05, 4.69) is 20.8 Å². The van der Waals surface area contributed by atoms with E-state index >= 15 is 0 Å². The van der Waals surface area contributed by atoms with Gasteiger partial charge < -0.3 is 10.1 Å². The smallest absolute Gasteiger partial charge is 0.257 e. The molecule has 138 valence electrons. The molecule has 0 unspecified atom stereocenters. The lowest BCUT2D eigenvalue weighted by atomic mass is 10.1. The lowest BCUT2D eigenvalue weighted by Crippen LogP contribution is -2.32. The SMILES string of the molecule is Cc1cccc(C(=O)Nc2nnc(SCC(=O)NC[C@H]3CCCO3)s2)c1. The Kier molecular flexibility index (Phi) is 6.59. The molecule has 1 fully saturated rings. The summed E-state index contributed by atoms with van der Waals surface area (Å²) >= 11 is 2.55. The van der Waals surface area contributed by atoms with E-state index in [1.807, 2.05) is 25.1 Å². The number of rotatable bonds is 7. The van der Waals surface area contributed by atoms with Crippen LogP contribution in [0.15, 0.2) is 28.6 Å². The second-order valence-electron chi connectivity index (χ2n) is 5.92. The molecule has 0 aliphatic carbocycles. The van der Waals surface area contributed by atoms with Gasteiger partial charge in [0.2, 0.25) is 11.0 Å². The van der Waals surface area contributed by atoms with E-state index in [1.165, 1.54) is 23.1 Å². The Hall–Kier alpha value is -1.97. The van der Waals surface area contributed by atoms with Gasteiger partial charge in [0, 0.05) is 18.7 Å². The van der Waals surface area contributed by atoms with Gasteiger partial charge in [-0.1, -0.05) is 40.8 Å². The third-order valence-corrected chi connectivity index (χ3v) is 5.76. The molecule has 1 saturated heterocycles. The molecule has 2 aromatic rings. The van der Waals surface area contributed by atoms with E-state index in [9.17, 15) is 9.59 Å². The molecule has 0 radical (unpaired) electrons. The third kappa shape index (κ3) is 5.52. The summed E-state index contributed by atoms with van der Waals surface area (Å²) in [6, 6.07) is 7.32. The second-order valence-corrected chi connectivity index (χ2v) is 8.12. The van der Waals surface area contributed by atoms with Crippen LogP contribution in [0.5, 0.6) is 0 Å². The molecular weight excluding hydrogens is 372 g/mol. The Balaban J connectivity index is 1.44. The number of carbonyl (C=O) groups excluding carboxylic acids is 2. The zero-order chi connectivity index (χ0) is 18.4. The second kappa shape index (κ2) is 9.11. The quantitative estimate of drug-likeness (QED) is 0.555. The number of thioether (sulfide) groups is 1. The lowest BCUT2D eigenvalue weighted by Gasteiger charge is -2.09. The zero-order valence-electron chi connectivity index (χ0n) is 14.4. The molecule has 1 aliphatic heterocycles. The third-order valence-electron chi connectivity index (χ3n) is 3.78. The van der Waals surface area contributed by atoms with Gasteiger partial charge in [0.25, 0.3) is 5.91 Å². The van der Waals surface area contributed by atoms with Crippen molar-refractivity contribution in [1.82, 2.24) is 15.5 Å². The first-order chi connectivity index (χ1) is 12.6. The van der Waals surface area contributed by atoms with Crippen LogP contribution in [0, 0.1) is 6.92 Å². The predicted octanol–water partition coefficient (Wildman–Crippen LogP) is 2.49. The molecule has 1 aromatic heterocycles. The summed E-state index contributed by atoms with van der Waals surface area (Å²) in [5.41, 5.74) is 1.59. The fourth-order valence-electron chi connectivity index (χ4n) is 2.49. The van der Waals surface area contributed by atoms with Crippen LogP contribution in [0.4, 0.5) is 5.13 Å². The normalized spacial score (nSPS) is 16.4. The van der Waals surface area contributed by atoms with Crippen molar-refractivity contribution in [2.75, 3.05) is 24.2 Å². The summed E-state index contributed by atoms with van der Waals surface area (Å²) in [5, 5.41) is 14.0. The fraction of sp³-hybridized carbons (Fsp3) is 0.412. The van der Waals surface area contributed by atoms with Crippen LogP contribution in [0.25, 0.3) is 0 Å². The van der Waals surface area contributed by atoms with Crippen molar-refractivity contribution in [2.45, 2.75) is 30.2 Å². The summed E-state index contributed by atoms with van der Waals surface area (Å²) in [6.45, 7) is 3.25. The average Bonchev–Trinajstić information content (AvgIpc) is 3.30. The topological polar surface area (TPSA) is 93.2 Å². The van der Waals surface area contributed by atoms with Crippen LogP contribution in [0.1, 0.15) is 28.8 Å². The molecule has 2 amide bonds. The van der Waals surface area contributed by atoms with Gasteiger partial charge in [-0.2, -0.15) is 0 Å². The van der Waals surface area contributed by atoms with E-state index in [0.717, 1.165) is 25.0 Å². The van der Waals surface area contributed by atoms with Gasteiger partial charge in [-0.15, -0.1) is 10.2 Å². The highest BCUT2D eigenvalue weighted by Crippen LogP contribution is 2.25. The van der Waals surface area contributed by atoms with Gasteiger partial charge in [-0.3, -0.25) is 14.9 Å². The van der Waals surface area contributed by atoms with Crippen molar-refractivity contribution >= 4 is 40.0 Å². The monoisotopic (exact) mass is 392 g/mol. The first kappa shape index (κ1) is 18.8. The number of aryl methyl sites for hydroxylation is 1. The van der Waals surface area contributed by atoms with Crippen molar-refractivity contribution in [2.24, 2.45) is 0 Å². The number of hydrogen-bond acceptors (Lipinski definition) is 7. The Morgan fingerprint density at radius 1 is 1.38 bits per heavy atom. The van der Waals surface area contributed by atoms with Crippen LogP contribution in [0.3, 0.4) is 0 Å². The molecule has 1 aromatic carbocycles. The zero-order valence-corrected chi connectivity index (χ0v) is 16.0. The van der Waals surface area contributed by atoms with E-state index in [-0.39, 0.29) is 23.7 Å². The number of carbonyl (C=O) groups is 2. The number of nitrogens with zero attached hydrogens (tertiary/aromatic N) is 2. The van der Waals surface area contributed by atoms with Gasteiger partial charge in [-0.05, 0) is 31.9 Å². The van der Waals surface area contributed by atoms with Gasteiger partial charge in [0.05, 0.1) is 11.9 Å². The fourth-order valence-corrected chi connectivity index (χ4v) is 4.06. The number of nitrogens with one attached hydrogen (secondary N) is 2. The summed E-state index contributed by atoms with van der Waals surface area (Å²) in [5.74, 6) is -0.0329. The Morgan fingerprint density at radius 3 is 3.04 bits per heavy atom. The Morgan fingerprint density at radius 2 is 2.27 bits per heavy atom. The van der Waals surface area contributed by atoms with Crippen molar-refractivity contribution in [3.8, 4) is 0 Å². The molecule has 7 nitrogen and oxygen atoms in total. The molecule has 1 atom stereocenters. The summed E-state index contributed by atoms with van der Waals surface area (Å²) in [6.07, 6.45) is 2.18. The maximum Gasteiger partial charge on any atom is 0.257 e. The molecule has 3 rings (SSSR count). The van der Waals surface area contributed by atoms with Crippen LogP contribution < -0.4 is 10.6 Å². The molecule has 26 heavy (non-hydrogen) atoms. The molecule has 0 bridgehead atoms. The van der Waals surface area contributed by atoms with Crippen LogP contribution in [-0.2, 0) is 9.53 Å². The number of aromatic nitrogens is 2. The first-order valence-corrected chi connectivity index (χ1v) is 10.1. The number of hydrogen-bond donors (Lipinski definition) is 2. The van der Waals surface area contributed by atoms with E-state index in [0.29, 0.717) is 21.6 Å². The van der Waals surface area contributed by atoms with Crippen molar-refractivity contribution < 1.29 is 14.3 Å². The summed E-state index contributed by atoms with van der Waals surface area (Å²) in [4.78, 5) is 24.1. The summed E-state index contributed by atoms with van der Waals surface area (Å²) < 4.78 is 6.10. The number of amides is 2. The van der Waals surface area contributed by atoms with Crippen molar-refractivity contribution in [3.63, 3.8) is 0 Å². The first-order valence-electron chi connectivity index (χ1n) is 8.33. The number of benzene rings is 1. The van der Waals surface area contributed by atoms with Crippen LogP contribution >= 0.6 is 23.1 Å². The minimum Gasteiger partial charge on any atom is -0.376 e. The van der Waals surface area contributed by atoms with Crippen molar-refractivity contribution in [3.05, 3.63) is 35.4 Å². The van der Waals surface area contributed by atoms with Crippen molar-refractivity contribution in [1.29, 1.82) is 0 Å². The largest absolute Gasteiger partial charge is 0.376 e. The highest BCUT2D eigenvalue weighted by Gasteiger charge is 2.16. The molecule has 2 heterocycles. The van der Waals surface area contributed by atoms with Gasteiger partial charge in [0.1, 0.15) is 0 Å². The van der Waals surface area contributed by atoms with Crippen LogP contribution in [0.2, 0.25) is 0 Å². The Labute approximate surface area is 159 Å². The minimum absolute atomic E-state index is 0.0638. The van der Waals surface area contributed by atoms with Gasteiger partial charge in [-0.25, -0.2) is 0 Å². The summed E-state index contributed by atoms with van der Waals surface area (Å²) in [7, 11) is 0. The lowest BCUT2D eigenvalue weighted by molar-refractivity contribution is -0.119. The van der Waals surface area contributed by atoms with Gasteiger partial charge in [0.15, 0.2) is 4.34 Å². The predicted molar refractivity (Wildman–Crippen MR) is 102 cm³/mol. The number of anilines is 1. The highest BCUT2D eigenvalue weighted by atomic mass is 32.2. The molecular formula is C17H20N4O3S2. The minimum atomic E-state index is -0.226. The van der Waals surface area contributed by atoms with E-state index in [1.54, 1.807) is 6.07 Å².